The first-order chi connectivity index (χ1) is 10.2. The van der Waals surface area contributed by atoms with Crippen molar-refractivity contribution in [3.05, 3.63) is 42.3 Å². The molecular formula is C16H19FN4. The fourth-order valence-electron chi connectivity index (χ4n) is 2.51. The molecule has 0 aliphatic carbocycles. The first kappa shape index (κ1) is 13.8. The van der Waals surface area contributed by atoms with Crippen LogP contribution in [0.3, 0.4) is 0 Å². The van der Waals surface area contributed by atoms with Crippen LogP contribution in [0.5, 0.6) is 0 Å². The van der Waals surface area contributed by atoms with E-state index in [2.05, 4.69) is 27.1 Å². The Morgan fingerprint density at radius 1 is 1.19 bits per heavy atom. The molecule has 0 radical (unpaired) electrons. The predicted molar refractivity (Wildman–Crippen MR) is 82.3 cm³/mol. The fourth-order valence-corrected chi connectivity index (χ4v) is 2.51. The van der Waals surface area contributed by atoms with Crippen molar-refractivity contribution in [2.24, 2.45) is 5.92 Å². The summed E-state index contributed by atoms with van der Waals surface area (Å²) in [5, 5.41) is 2.94. The highest BCUT2D eigenvalue weighted by Gasteiger charge is 2.17. The maximum absolute atomic E-state index is 13.6. The molecule has 21 heavy (non-hydrogen) atoms. The largest absolute Gasteiger partial charge is 0.356 e. The number of para-hydroxylation sites is 1. The Morgan fingerprint density at radius 2 is 1.95 bits per heavy atom. The number of nitrogens with one attached hydrogen (secondary N) is 1. The lowest BCUT2D eigenvalue weighted by molar-refractivity contribution is 0.436. The lowest BCUT2D eigenvalue weighted by Gasteiger charge is -2.31. The molecule has 0 amide bonds. The third-order valence-electron chi connectivity index (χ3n) is 3.87. The summed E-state index contributed by atoms with van der Waals surface area (Å²) >= 11 is 0. The molecule has 0 saturated carbocycles. The smallest absolute Gasteiger partial charge is 0.229 e. The maximum atomic E-state index is 13.6. The summed E-state index contributed by atoms with van der Waals surface area (Å²) in [7, 11) is 0. The molecular weight excluding hydrogens is 267 g/mol. The average Bonchev–Trinajstić information content (AvgIpc) is 2.51. The van der Waals surface area contributed by atoms with Crippen molar-refractivity contribution in [2.45, 2.75) is 19.8 Å². The van der Waals surface area contributed by atoms with Crippen LogP contribution in [0, 0.1) is 11.7 Å². The highest BCUT2D eigenvalue weighted by Crippen LogP contribution is 2.23. The normalized spacial score (nSPS) is 16.0. The minimum absolute atomic E-state index is 0.307. The summed E-state index contributed by atoms with van der Waals surface area (Å²) in [6.45, 7) is 4.30. The lowest BCUT2D eigenvalue weighted by Crippen LogP contribution is -2.33. The van der Waals surface area contributed by atoms with E-state index in [9.17, 15) is 4.39 Å². The first-order valence-corrected chi connectivity index (χ1v) is 7.32. The summed E-state index contributed by atoms with van der Waals surface area (Å²) in [6, 6.07) is 8.43. The van der Waals surface area contributed by atoms with Gasteiger partial charge in [-0.1, -0.05) is 19.1 Å². The molecule has 0 bridgehead atoms. The molecule has 5 heteroatoms. The molecule has 110 valence electrons. The Morgan fingerprint density at radius 3 is 2.71 bits per heavy atom. The number of hydrogen-bond acceptors (Lipinski definition) is 4. The van der Waals surface area contributed by atoms with Crippen molar-refractivity contribution in [1.82, 2.24) is 9.97 Å². The van der Waals surface area contributed by atoms with Crippen LogP contribution in [-0.4, -0.2) is 23.1 Å². The van der Waals surface area contributed by atoms with Gasteiger partial charge < -0.3 is 10.2 Å². The number of benzene rings is 1. The molecule has 1 aromatic carbocycles. The maximum Gasteiger partial charge on any atom is 0.229 e. The molecule has 0 spiro atoms. The summed E-state index contributed by atoms with van der Waals surface area (Å²) in [5.41, 5.74) is 0.391. The molecule has 1 aliphatic rings. The van der Waals surface area contributed by atoms with Gasteiger partial charge in [0, 0.05) is 19.3 Å². The number of anilines is 3. The number of nitrogens with zero attached hydrogens (tertiary/aromatic N) is 3. The van der Waals surface area contributed by atoms with E-state index in [1.54, 1.807) is 24.4 Å². The van der Waals surface area contributed by atoms with E-state index in [0.29, 0.717) is 11.6 Å². The van der Waals surface area contributed by atoms with E-state index < -0.39 is 0 Å². The zero-order valence-electron chi connectivity index (χ0n) is 12.1. The van der Waals surface area contributed by atoms with Gasteiger partial charge in [-0.3, -0.25) is 0 Å². The van der Waals surface area contributed by atoms with Crippen LogP contribution in [-0.2, 0) is 0 Å². The van der Waals surface area contributed by atoms with E-state index >= 15 is 0 Å². The lowest BCUT2D eigenvalue weighted by atomic mass is 9.99. The van der Waals surface area contributed by atoms with E-state index in [-0.39, 0.29) is 5.82 Å². The molecule has 1 N–H and O–H groups in total. The van der Waals surface area contributed by atoms with Crippen LogP contribution in [0.25, 0.3) is 0 Å². The van der Waals surface area contributed by atoms with Crippen LogP contribution < -0.4 is 10.2 Å². The standard InChI is InChI=1S/C16H19FN4/c1-12-7-10-21(11-8-12)15-6-9-18-16(20-15)19-14-5-3-2-4-13(14)17/h2-6,9,12H,7-8,10-11H2,1H3,(H,18,19,20). The molecule has 2 aromatic rings. The van der Waals surface area contributed by atoms with E-state index in [1.165, 1.54) is 18.9 Å². The minimum atomic E-state index is -0.307. The average molecular weight is 286 g/mol. The Hall–Kier alpha value is -2.17. The second-order valence-corrected chi connectivity index (χ2v) is 5.51. The molecule has 1 aromatic heterocycles. The van der Waals surface area contributed by atoms with Crippen molar-refractivity contribution >= 4 is 17.5 Å². The SMILES string of the molecule is CC1CCN(c2ccnc(Nc3ccccc3F)n2)CC1. The molecule has 1 aliphatic heterocycles. The zero-order valence-corrected chi connectivity index (χ0v) is 12.1. The van der Waals surface area contributed by atoms with Crippen molar-refractivity contribution in [3.63, 3.8) is 0 Å². The van der Waals surface area contributed by atoms with E-state index in [0.717, 1.165) is 24.8 Å². The Kier molecular flexibility index (Phi) is 3.99. The molecule has 0 unspecified atom stereocenters. The monoisotopic (exact) mass is 286 g/mol. The van der Waals surface area contributed by atoms with Crippen molar-refractivity contribution in [3.8, 4) is 0 Å². The van der Waals surface area contributed by atoms with Crippen LogP contribution in [0.15, 0.2) is 36.5 Å². The van der Waals surface area contributed by atoms with Gasteiger partial charge in [-0.25, -0.2) is 9.37 Å². The predicted octanol–water partition coefficient (Wildman–Crippen LogP) is 3.60. The highest BCUT2D eigenvalue weighted by atomic mass is 19.1. The van der Waals surface area contributed by atoms with Gasteiger partial charge in [-0.2, -0.15) is 4.98 Å². The van der Waals surface area contributed by atoms with Gasteiger partial charge in [0.25, 0.3) is 0 Å². The molecule has 0 atom stereocenters. The first-order valence-electron chi connectivity index (χ1n) is 7.32. The Bertz CT molecular complexity index is 609. The van der Waals surface area contributed by atoms with Crippen LogP contribution >= 0.6 is 0 Å². The zero-order chi connectivity index (χ0) is 14.7. The summed E-state index contributed by atoms with van der Waals surface area (Å²) in [5.74, 6) is 1.80. The van der Waals surface area contributed by atoms with Crippen molar-refractivity contribution < 1.29 is 4.39 Å². The highest BCUT2D eigenvalue weighted by molar-refractivity contribution is 5.55. The van der Waals surface area contributed by atoms with Crippen LogP contribution in [0.1, 0.15) is 19.8 Å². The fraction of sp³-hybridized carbons (Fsp3) is 0.375. The third kappa shape index (κ3) is 3.29. The second-order valence-electron chi connectivity index (χ2n) is 5.51. The third-order valence-corrected chi connectivity index (χ3v) is 3.87. The van der Waals surface area contributed by atoms with Gasteiger partial charge >= 0.3 is 0 Å². The Labute approximate surface area is 124 Å². The molecule has 4 nitrogen and oxygen atoms in total. The number of aromatic nitrogens is 2. The van der Waals surface area contributed by atoms with Crippen molar-refractivity contribution in [2.75, 3.05) is 23.3 Å². The van der Waals surface area contributed by atoms with E-state index in [1.807, 2.05) is 6.07 Å². The second kappa shape index (κ2) is 6.08. The molecule has 1 saturated heterocycles. The molecule has 1 fully saturated rings. The number of rotatable bonds is 3. The quantitative estimate of drug-likeness (QED) is 0.936. The van der Waals surface area contributed by atoms with Gasteiger partial charge in [0.15, 0.2) is 0 Å². The number of piperidine rings is 1. The van der Waals surface area contributed by atoms with Crippen LogP contribution in [0.4, 0.5) is 21.8 Å². The summed E-state index contributed by atoms with van der Waals surface area (Å²) in [6.07, 6.45) is 4.07. The van der Waals surface area contributed by atoms with Gasteiger partial charge in [-0.05, 0) is 37.0 Å². The summed E-state index contributed by atoms with van der Waals surface area (Å²) < 4.78 is 13.6. The topological polar surface area (TPSA) is 41.1 Å². The van der Waals surface area contributed by atoms with Gasteiger partial charge in [-0.15, -0.1) is 0 Å². The van der Waals surface area contributed by atoms with Gasteiger partial charge in [0.1, 0.15) is 11.6 Å². The number of hydrogen-bond donors (Lipinski definition) is 1. The van der Waals surface area contributed by atoms with Gasteiger partial charge in [0.05, 0.1) is 5.69 Å². The van der Waals surface area contributed by atoms with Crippen LogP contribution in [0.2, 0.25) is 0 Å². The molecule has 2 heterocycles. The Balaban J connectivity index is 1.76. The number of halogens is 1. The van der Waals surface area contributed by atoms with Gasteiger partial charge in [0.2, 0.25) is 5.95 Å². The van der Waals surface area contributed by atoms with Crippen molar-refractivity contribution in [1.29, 1.82) is 0 Å². The van der Waals surface area contributed by atoms with E-state index in [4.69, 9.17) is 0 Å². The minimum Gasteiger partial charge on any atom is -0.356 e. The summed E-state index contributed by atoms with van der Waals surface area (Å²) in [4.78, 5) is 10.9. The molecule has 3 rings (SSSR count).